The van der Waals surface area contributed by atoms with Crippen LogP contribution < -0.4 is 10.1 Å². The molecule has 0 saturated heterocycles. The molecule has 0 bridgehead atoms. The van der Waals surface area contributed by atoms with Gasteiger partial charge in [-0.15, -0.1) is 11.3 Å². The molecule has 0 aliphatic heterocycles. The SMILES string of the molecule is COc1ccc(Nc2nc(-c3ccc(I)cc3)cs2)cc1Cl. The molecule has 3 nitrogen and oxygen atoms in total. The van der Waals surface area contributed by atoms with Crippen molar-refractivity contribution in [3.63, 3.8) is 0 Å². The van der Waals surface area contributed by atoms with Crippen molar-refractivity contribution in [2.45, 2.75) is 0 Å². The van der Waals surface area contributed by atoms with Crippen LogP contribution in [0.4, 0.5) is 10.8 Å². The molecule has 0 aliphatic rings. The molecule has 0 aliphatic carbocycles. The molecule has 1 N–H and O–H groups in total. The molecule has 0 unspecified atom stereocenters. The van der Waals surface area contributed by atoms with Gasteiger partial charge in [-0.3, -0.25) is 0 Å². The van der Waals surface area contributed by atoms with Crippen LogP contribution >= 0.6 is 45.5 Å². The van der Waals surface area contributed by atoms with Crippen molar-refractivity contribution in [3.8, 4) is 17.0 Å². The summed E-state index contributed by atoms with van der Waals surface area (Å²) in [6, 6.07) is 13.9. The molecule has 0 radical (unpaired) electrons. The molecule has 0 spiro atoms. The Hall–Kier alpha value is -1.31. The van der Waals surface area contributed by atoms with Crippen molar-refractivity contribution in [1.82, 2.24) is 4.98 Å². The van der Waals surface area contributed by atoms with E-state index in [1.165, 1.54) is 3.57 Å². The Morgan fingerprint density at radius 2 is 1.95 bits per heavy atom. The van der Waals surface area contributed by atoms with E-state index in [-0.39, 0.29) is 0 Å². The topological polar surface area (TPSA) is 34.1 Å². The summed E-state index contributed by atoms with van der Waals surface area (Å²) in [4.78, 5) is 4.61. The lowest BCUT2D eigenvalue weighted by molar-refractivity contribution is 0.415. The van der Waals surface area contributed by atoms with E-state index in [4.69, 9.17) is 16.3 Å². The number of hydrogen-bond acceptors (Lipinski definition) is 4. The highest BCUT2D eigenvalue weighted by Crippen LogP contribution is 2.31. The number of benzene rings is 2. The van der Waals surface area contributed by atoms with Crippen LogP contribution in [0.25, 0.3) is 11.3 Å². The van der Waals surface area contributed by atoms with Gasteiger partial charge in [0.15, 0.2) is 5.13 Å². The van der Waals surface area contributed by atoms with Crippen molar-refractivity contribution in [1.29, 1.82) is 0 Å². The zero-order valence-corrected chi connectivity index (χ0v) is 15.4. The third-order valence-electron chi connectivity index (χ3n) is 3.05. The van der Waals surface area contributed by atoms with E-state index in [1.54, 1.807) is 18.4 Å². The first kappa shape index (κ1) is 15.6. The molecular formula is C16H12ClIN2OS. The minimum absolute atomic E-state index is 0.571. The third-order valence-corrected chi connectivity index (χ3v) is 4.82. The van der Waals surface area contributed by atoms with E-state index in [0.29, 0.717) is 10.8 Å². The van der Waals surface area contributed by atoms with Gasteiger partial charge in [0.1, 0.15) is 5.75 Å². The summed E-state index contributed by atoms with van der Waals surface area (Å²) in [6.07, 6.45) is 0. The second kappa shape index (κ2) is 6.85. The molecular weight excluding hydrogens is 431 g/mol. The van der Waals surface area contributed by atoms with E-state index in [2.05, 4.69) is 57.2 Å². The molecule has 0 fully saturated rings. The van der Waals surface area contributed by atoms with Gasteiger partial charge in [-0.25, -0.2) is 4.98 Å². The Balaban J connectivity index is 1.79. The van der Waals surface area contributed by atoms with Crippen LogP contribution in [0.3, 0.4) is 0 Å². The average Bonchev–Trinajstić information content (AvgIpc) is 2.97. The summed E-state index contributed by atoms with van der Waals surface area (Å²) in [5, 5.41) is 6.70. The average molecular weight is 443 g/mol. The molecule has 0 saturated carbocycles. The van der Waals surface area contributed by atoms with Gasteiger partial charge < -0.3 is 10.1 Å². The number of rotatable bonds is 4. The lowest BCUT2D eigenvalue weighted by Gasteiger charge is -2.06. The Morgan fingerprint density at radius 1 is 1.18 bits per heavy atom. The smallest absolute Gasteiger partial charge is 0.187 e. The Morgan fingerprint density at radius 3 is 2.64 bits per heavy atom. The van der Waals surface area contributed by atoms with Crippen molar-refractivity contribution >= 4 is 56.3 Å². The molecule has 1 heterocycles. The number of aromatic nitrogens is 1. The molecule has 1 aromatic heterocycles. The van der Waals surface area contributed by atoms with E-state index in [1.807, 2.05) is 23.6 Å². The third kappa shape index (κ3) is 3.53. The monoisotopic (exact) mass is 442 g/mol. The maximum Gasteiger partial charge on any atom is 0.187 e. The largest absolute Gasteiger partial charge is 0.495 e. The molecule has 22 heavy (non-hydrogen) atoms. The first-order valence-electron chi connectivity index (χ1n) is 6.48. The number of nitrogens with zero attached hydrogens (tertiary/aromatic N) is 1. The first-order valence-corrected chi connectivity index (χ1v) is 8.81. The van der Waals surface area contributed by atoms with Crippen molar-refractivity contribution < 1.29 is 4.74 Å². The van der Waals surface area contributed by atoms with Crippen LogP contribution in [-0.2, 0) is 0 Å². The summed E-state index contributed by atoms with van der Waals surface area (Å²) in [5.41, 5.74) is 2.95. The van der Waals surface area contributed by atoms with Gasteiger partial charge >= 0.3 is 0 Å². The summed E-state index contributed by atoms with van der Waals surface area (Å²) in [7, 11) is 1.60. The molecule has 2 aromatic carbocycles. The highest BCUT2D eigenvalue weighted by molar-refractivity contribution is 14.1. The fourth-order valence-corrected chi connectivity index (χ4v) is 3.31. The van der Waals surface area contributed by atoms with E-state index < -0.39 is 0 Å². The van der Waals surface area contributed by atoms with Crippen LogP contribution in [0.15, 0.2) is 47.8 Å². The van der Waals surface area contributed by atoms with E-state index in [0.717, 1.165) is 22.1 Å². The van der Waals surface area contributed by atoms with Gasteiger partial charge in [0, 0.05) is 20.2 Å². The molecule has 0 atom stereocenters. The van der Waals surface area contributed by atoms with Gasteiger partial charge in [-0.2, -0.15) is 0 Å². The van der Waals surface area contributed by atoms with Crippen molar-refractivity contribution in [2.75, 3.05) is 12.4 Å². The Bertz CT molecular complexity index is 789. The van der Waals surface area contributed by atoms with Gasteiger partial charge in [-0.05, 0) is 52.9 Å². The molecule has 3 rings (SSSR count). The summed E-state index contributed by atoms with van der Waals surface area (Å²) >= 11 is 9.98. The number of hydrogen-bond donors (Lipinski definition) is 1. The second-order valence-electron chi connectivity index (χ2n) is 4.52. The lowest BCUT2D eigenvalue weighted by atomic mass is 10.2. The van der Waals surface area contributed by atoms with Gasteiger partial charge in [0.2, 0.25) is 0 Å². The number of nitrogens with one attached hydrogen (secondary N) is 1. The number of thiazole rings is 1. The summed E-state index contributed by atoms with van der Waals surface area (Å²) in [6.45, 7) is 0. The fourth-order valence-electron chi connectivity index (χ4n) is 1.95. The zero-order valence-electron chi connectivity index (χ0n) is 11.6. The van der Waals surface area contributed by atoms with E-state index >= 15 is 0 Å². The van der Waals surface area contributed by atoms with E-state index in [9.17, 15) is 0 Å². The number of methoxy groups -OCH3 is 1. The van der Waals surface area contributed by atoms with Gasteiger partial charge in [0.05, 0.1) is 17.8 Å². The Kier molecular flexibility index (Phi) is 4.85. The second-order valence-corrected chi connectivity index (χ2v) is 7.03. The van der Waals surface area contributed by atoms with Gasteiger partial charge in [-0.1, -0.05) is 23.7 Å². The minimum Gasteiger partial charge on any atom is -0.495 e. The van der Waals surface area contributed by atoms with Crippen molar-refractivity contribution in [2.24, 2.45) is 0 Å². The fraction of sp³-hybridized carbons (Fsp3) is 0.0625. The quantitative estimate of drug-likeness (QED) is 0.517. The standard InChI is InChI=1S/C16H12ClIN2OS/c1-21-15-7-6-12(8-13(15)17)19-16-20-14(9-22-16)10-2-4-11(18)5-3-10/h2-9H,1H3,(H,19,20). The molecule has 0 amide bonds. The van der Waals surface area contributed by atoms with Gasteiger partial charge in [0.25, 0.3) is 0 Å². The van der Waals surface area contributed by atoms with Crippen LogP contribution in [0, 0.1) is 3.57 Å². The first-order chi connectivity index (χ1) is 10.7. The molecule has 112 valence electrons. The molecule has 3 aromatic rings. The predicted octanol–water partition coefficient (Wildman–Crippen LogP) is 5.82. The van der Waals surface area contributed by atoms with Crippen LogP contribution in [0.5, 0.6) is 5.75 Å². The van der Waals surface area contributed by atoms with Crippen LogP contribution in [0.2, 0.25) is 5.02 Å². The zero-order chi connectivity index (χ0) is 15.5. The number of anilines is 2. The maximum atomic E-state index is 6.13. The highest BCUT2D eigenvalue weighted by Gasteiger charge is 2.06. The van der Waals surface area contributed by atoms with Crippen molar-refractivity contribution in [3.05, 3.63) is 56.4 Å². The lowest BCUT2D eigenvalue weighted by Crippen LogP contribution is -1.91. The van der Waals surface area contributed by atoms with Crippen LogP contribution in [0.1, 0.15) is 0 Å². The molecule has 6 heteroatoms. The minimum atomic E-state index is 0.571. The highest BCUT2D eigenvalue weighted by atomic mass is 127. The normalized spacial score (nSPS) is 10.5. The predicted molar refractivity (Wildman–Crippen MR) is 102 cm³/mol. The number of ether oxygens (including phenoxy) is 1. The summed E-state index contributed by atoms with van der Waals surface area (Å²) in [5.74, 6) is 0.658. The maximum absolute atomic E-state index is 6.13. The number of halogens is 2. The summed E-state index contributed by atoms with van der Waals surface area (Å²) < 4.78 is 6.36. The van der Waals surface area contributed by atoms with Crippen LogP contribution in [-0.4, -0.2) is 12.1 Å². The Labute approximate surface area is 151 Å².